The lowest BCUT2D eigenvalue weighted by Gasteiger charge is -2.05. The Morgan fingerprint density at radius 1 is 1.12 bits per heavy atom. The van der Waals surface area contributed by atoms with E-state index in [1.54, 1.807) is 43.5 Å². The molecule has 25 heavy (non-hydrogen) atoms. The molecule has 2 amide bonds. The van der Waals surface area contributed by atoms with Crippen molar-refractivity contribution in [2.75, 3.05) is 12.4 Å². The van der Waals surface area contributed by atoms with Crippen LogP contribution in [-0.4, -0.2) is 25.1 Å². The summed E-state index contributed by atoms with van der Waals surface area (Å²) >= 11 is 5.84. The zero-order valence-corrected chi connectivity index (χ0v) is 14.4. The molecule has 2 rings (SSSR count). The van der Waals surface area contributed by atoms with Crippen molar-refractivity contribution in [1.29, 1.82) is 0 Å². The zero-order chi connectivity index (χ0) is 18.1. The molecule has 0 spiro atoms. The van der Waals surface area contributed by atoms with Crippen molar-refractivity contribution in [3.8, 4) is 5.75 Å². The Morgan fingerprint density at radius 3 is 2.52 bits per heavy atom. The summed E-state index contributed by atoms with van der Waals surface area (Å²) in [6.07, 6.45) is 1.60. The van der Waals surface area contributed by atoms with E-state index in [2.05, 4.69) is 15.8 Å². The smallest absolute Gasteiger partial charge is 0.240 e. The van der Waals surface area contributed by atoms with Crippen molar-refractivity contribution in [3.63, 3.8) is 0 Å². The van der Waals surface area contributed by atoms with Gasteiger partial charge in [0.2, 0.25) is 11.8 Å². The van der Waals surface area contributed by atoms with Crippen molar-refractivity contribution in [3.05, 3.63) is 59.1 Å². The lowest BCUT2D eigenvalue weighted by molar-refractivity contribution is -0.124. The normalized spacial score (nSPS) is 10.5. The summed E-state index contributed by atoms with van der Waals surface area (Å²) in [4.78, 5) is 23.5. The van der Waals surface area contributed by atoms with Crippen LogP contribution in [0.2, 0.25) is 5.02 Å². The van der Waals surface area contributed by atoms with E-state index in [-0.39, 0.29) is 24.7 Å². The minimum atomic E-state index is -0.342. The number of carbonyl (C=O) groups is 2. The molecule has 0 saturated carbocycles. The number of hydrazone groups is 1. The molecule has 0 aliphatic carbocycles. The van der Waals surface area contributed by atoms with E-state index in [9.17, 15) is 9.59 Å². The van der Waals surface area contributed by atoms with Gasteiger partial charge in [0, 0.05) is 23.6 Å². The van der Waals surface area contributed by atoms with Gasteiger partial charge in [-0.2, -0.15) is 5.10 Å². The van der Waals surface area contributed by atoms with Gasteiger partial charge in [0.25, 0.3) is 0 Å². The van der Waals surface area contributed by atoms with E-state index in [0.29, 0.717) is 10.7 Å². The van der Waals surface area contributed by atoms with Crippen molar-refractivity contribution >= 4 is 35.3 Å². The first kappa shape index (κ1) is 18.5. The Hall–Kier alpha value is -2.86. The second-order valence-electron chi connectivity index (χ2n) is 5.12. The average molecular weight is 360 g/mol. The number of hydrogen-bond donors (Lipinski definition) is 2. The van der Waals surface area contributed by atoms with E-state index >= 15 is 0 Å². The maximum atomic E-state index is 11.8. The summed E-state index contributed by atoms with van der Waals surface area (Å²) < 4.78 is 5.06. The first-order chi connectivity index (χ1) is 12.1. The highest BCUT2D eigenvalue weighted by Crippen LogP contribution is 2.15. The van der Waals surface area contributed by atoms with Crippen LogP contribution in [0.25, 0.3) is 0 Å². The van der Waals surface area contributed by atoms with Gasteiger partial charge in [-0.25, -0.2) is 5.43 Å². The largest absolute Gasteiger partial charge is 0.497 e. The van der Waals surface area contributed by atoms with Crippen LogP contribution in [-0.2, 0) is 9.59 Å². The number of ether oxygens (including phenoxy) is 1. The van der Waals surface area contributed by atoms with Crippen LogP contribution in [0.1, 0.15) is 18.4 Å². The average Bonchev–Trinajstić information content (AvgIpc) is 2.60. The Morgan fingerprint density at radius 2 is 1.84 bits per heavy atom. The number of nitrogens with zero attached hydrogens (tertiary/aromatic N) is 1. The molecule has 0 atom stereocenters. The molecule has 0 heterocycles. The van der Waals surface area contributed by atoms with Crippen molar-refractivity contribution in [1.82, 2.24) is 5.43 Å². The van der Waals surface area contributed by atoms with Crippen molar-refractivity contribution in [2.24, 2.45) is 5.10 Å². The predicted octanol–water partition coefficient (Wildman–Crippen LogP) is 3.22. The standard InChI is InChI=1S/C18H18ClN3O3/c1-25-16-7-5-13(6-8-16)12-20-22-18(24)10-9-17(23)21-15-4-2-3-14(19)11-15/h2-8,11-12H,9-10H2,1H3,(H,21,23)(H,22,24)/b20-12-. The summed E-state index contributed by atoms with van der Waals surface area (Å²) in [6, 6.07) is 14.0. The number of amides is 2. The topological polar surface area (TPSA) is 79.8 Å². The van der Waals surface area contributed by atoms with E-state index in [1.807, 2.05) is 12.1 Å². The summed E-state index contributed by atoms with van der Waals surface area (Å²) in [5, 5.41) is 7.06. The summed E-state index contributed by atoms with van der Waals surface area (Å²) in [7, 11) is 1.59. The summed E-state index contributed by atoms with van der Waals surface area (Å²) in [5.41, 5.74) is 3.80. The molecule has 0 unspecified atom stereocenters. The Bertz CT molecular complexity index is 760. The molecule has 2 N–H and O–H groups in total. The minimum Gasteiger partial charge on any atom is -0.497 e. The molecule has 2 aromatic carbocycles. The van der Waals surface area contributed by atoms with Crippen LogP contribution in [0.4, 0.5) is 5.69 Å². The molecule has 0 saturated heterocycles. The molecular weight excluding hydrogens is 342 g/mol. The van der Waals surface area contributed by atoms with Gasteiger partial charge in [-0.05, 0) is 48.0 Å². The highest BCUT2D eigenvalue weighted by atomic mass is 35.5. The number of anilines is 1. The van der Waals surface area contributed by atoms with Gasteiger partial charge < -0.3 is 10.1 Å². The zero-order valence-electron chi connectivity index (χ0n) is 13.7. The van der Waals surface area contributed by atoms with Crippen LogP contribution < -0.4 is 15.5 Å². The lowest BCUT2D eigenvalue weighted by Crippen LogP contribution is -2.20. The van der Waals surface area contributed by atoms with Crippen LogP contribution >= 0.6 is 11.6 Å². The van der Waals surface area contributed by atoms with Crippen molar-refractivity contribution in [2.45, 2.75) is 12.8 Å². The van der Waals surface area contributed by atoms with Crippen LogP contribution in [0, 0.1) is 0 Å². The summed E-state index contributed by atoms with van der Waals surface area (Å²) in [6.45, 7) is 0. The molecule has 2 aromatic rings. The fourth-order valence-electron chi connectivity index (χ4n) is 1.94. The van der Waals surface area contributed by atoms with Gasteiger partial charge in [0.15, 0.2) is 0 Å². The molecule has 0 fully saturated rings. The van der Waals surface area contributed by atoms with E-state index in [4.69, 9.17) is 16.3 Å². The molecule has 0 aliphatic heterocycles. The quantitative estimate of drug-likeness (QED) is 0.588. The molecule has 0 aromatic heterocycles. The second kappa shape index (κ2) is 9.44. The number of nitrogens with one attached hydrogen (secondary N) is 2. The maximum Gasteiger partial charge on any atom is 0.240 e. The molecule has 6 nitrogen and oxygen atoms in total. The predicted molar refractivity (Wildman–Crippen MR) is 98.0 cm³/mol. The third-order valence-electron chi connectivity index (χ3n) is 3.21. The minimum absolute atomic E-state index is 0.0341. The van der Waals surface area contributed by atoms with E-state index in [0.717, 1.165) is 11.3 Å². The van der Waals surface area contributed by atoms with Gasteiger partial charge in [-0.3, -0.25) is 9.59 Å². The lowest BCUT2D eigenvalue weighted by atomic mass is 10.2. The molecule has 0 bridgehead atoms. The molecule has 130 valence electrons. The first-order valence-electron chi connectivity index (χ1n) is 7.58. The van der Waals surface area contributed by atoms with Gasteiger partial charge in [-0.15, -0.1) is 0 Å². The van der Waals surface area contributed by atoms with Gasteiger partial charge >= 0.3 is 0 Å². The molecule has 7 heteroatoms. The monoisotopic (exact) mass is 359 g/mol. The van der Waals surface area contributed by atoms with E-state index < -0.39 is 0 Å². The third kappa shape index (κ3) is 6.64. The van der Waals surface area contributed by atoms with Crippen LogP contribution in [0.3, 0.4) is 0 Å². The van der Waals surface area contributed by atoms with Gasteiger partial charge in [0.1, 0.15) is 5.75 Å². The van der Waals surface area contributed by atoms with E-state index in [1.165, 1.54) is 6.21 Å². The molecule has 0 aliphatic rings. The number of rotatable bonds is 7. The first-order valence-corrected chi connectivity index (χ1v) is 7.96. The fourth-order valence-corrected chi connectivity index (χ4v) is 2.13. The molecule has 0 radical (unpaired) electrons. The number of methoxy groups -OCH3 is 1. The number of carbonyl (C=O) groups excluding carboxylic acids is 2. The fraction of sp³-hybridized carbons (Fsp3) is 0.167. The Labute approximate surface area is 150 Å². The van der Waals surface area contributed by atoms with Gasteiger partial charge in [-0.1, -0.05) is 17.7 Å². The Balaban J connectivity index is 1.72. The molecular formula is C18H18ClN3O3. The number of benzene rings is 2. The third-order valence-corrected chi connectivity index (χ3v) is 3.44. The van der Waals surface area contributed by atoms with Crippen LogP contribution in [0.5, 0.6) is 5.75 Å². The van der Waals surface area contributed by atoms with Gasteiger partial charge in [0.05, 0.1) is 13.3 Å². The number of hydrogen-bond acceptors (Lipinski definition) is 4. The number of halogens is 1. The highest BCUT2D eigenvalue weighted by molar-refractivity contribution is 6.30. The SMILES string of the molecule is COc1ccc(/C=N\NC(=O)CCC(=O)Nc2cccc(Cl)c2)cc1. The summed E-state index contributed by atoms with van der Waals surface area (Å²) in [5.74, 6) is 0.134. The maximum absolute atomic E-state index is 11.8. The van der Waals surface area contributed by atoms with Crippen molar-refractivity contribution < 1.29 is 14.3 Å². The Kier molecular flexibility index (Phi) is 6.98. The highest BCUT2D eigenvalue weighted by Gasteiger charge is 2.07. The second-order valence-corrected chi connectivity index (χ2v) is 5.56. The van der Waals surface area contributed by atoms with Crippen LogP contribution in [0.15, 0.2) is 53.6 Å².